The Bertz CT molecular complexity index is 2930. The number of aromatic nitrogens is 3. The Labute approximate surface area is 281 Å². The fourth-order valence-corrected chi connectivity index (χ4v) is 7.14. The number of nitrogens with zero attached hydrogens (tertiary/aromatic N) is 3. The fraction of sp³-hybridized carbons (Fsp3) is 0. The van der Waals surface area contributed by atoms with E-state index in [9.17, 15) is 0 Å². The van der Waals surface area contributed by atoms with E-state index < -0.39 is 0 Å². The molecule has 0 unspecified atom stereocenters. The van der Waals surface area contributed by atoms with Gasteiger partial charge in [-0.2, -0.15) is 0 Å². The van der Waals surface area contributed by atoms with Gasteiger partial charge in [0.05, 0.1) is 0 Å². The Morgan fingerprint density at radius 2 is 0.980 bits per heavy atom. The van der Waals surface area contributed by atoms with Gasteiger partial charge < -0.3 is 4.42 Å². The van der Waals surface area contributed by atoms with Gasteiger partial charge in [-0.25, -0.2) is 15.0 Å². The molecule has 7 aromatic carbocycles. The summed E-state index contributed by atoms with van der Waals surface area (Å²) in [5, 5.41) is 8.40. The lowest BCUT2D eigenvalue weighted by atomic mass is 9.96. The minimum Gasteiger partial charge on any atom is -0.456 e. The molecule has 4 nitrogen and oxygen atoms in total. The molecule has 228 valence electrons. The Hall–Kier alpha value is -6.65. The van der Waals surface area contributed by atoms with Crippen molar-refractivity contribution >= 4 is 65.6 Å². The molecule has 6 bridgehead atoms. The summed E-state index contributed by atoms with van der Waals surface area (Å²) in [5.74, 6) is 0.619. The van der Waals surface area contributed by atoms with Gasteiger partial charge in [0, 0.05) is 27.1 Å². The second kappa shape index (κ2) is 11.0. The molecule has 3 heterocycles. The highest BCUT2D eigenvalue weighted by atomic mass is 16.3. The van der Waals surface area contributed by atoms with Crippen LogP contribution in [0.4, 0.5) is 0 Å². The monoisotopic (exact) mass is 625 g/mol. The third-order valence-electron chi connectivity index (χ3n) is 9.51. The molecule has 10 rings (SSSR count). The average molecular weight is 626 g/mol. The van der Waals surface area contributed by atoms with Crippen LogP contribution in [0.25, 0.3) is 99.2 Å². The highest BCUT2D eigenvalue weighted by Gasteiger charge is 2.16. The predicted octanol–water partition coefficient (Wildman–Crippen LogP) is 11.9. The molecule has 0 fully saturated rings. The molecule has 0 amide bonds. The lowest BCUT2D eigenvalue weighted by Gasteiger charge is -2.11. The summed E-state index contributed by atoms with van der Waals surface area (Å²) in [5.41, 5.74) is 8.32. The van der Waals surface area contributed by atoms with Crippen LogP contribution in [-0.2, 0) is 0 Å². The maximum Gasteiger partial charge on any atom is 0.164 e. The van der Waals surface area contributed by atoms with Crippen LogP contribution in [0, 0.1) is 0 Å². The van der Waals surface area contributed by atoms with E-state index in [1.165, 1.54) is 11.1 Å². The van der Waals surface area contributed by atoms with E-state index in [0.717, 1.165) is 70.9 Å². The van der Waals surface area contributed by atoms with E-state index in [0.29, 0.717) is 17.1 Å². The molecule has 10 aromatic rings. The molecule has 0 saturated heterocycles. The molecule has 0 atom stereocenters. The highest BCUT2D eigenvalue weighted by Crippen LogP contribution is 2.37. The van der Waals surface area contributed by atoms with Crippen molar-refractivity contribution in [3.8, 4) is 33.6 Å². The molecule has 0 aliphatic carbocycles. The van der Waals surface area contributed by atoms with Crippen LogP contribution < -0.4 is 0 Å². The Morgan fingerprint density at radius 3 is 1.82 bits per heavy atom. The fourth-order valence-electron chi connectivity index (χ4n) is 7.14. The summed E-state index contributed by atoms with van der Waals surface area (Å²) >= 11 is 0. The van der Waals surface area contributed by atoms with E-state index in [2.05, 4.69) is 140 Å². The molecular weight excluding hydrogens is 599 g/mol. The first-order valence-electron chi connectivity index (χ1n) is 16.4. The lowest BCUT2D eigenvalue weighted by molar-refractivity contribution is 0.669. The predicted molar refractivity (Wildman–Crippen MR) is 202 cm³/mol. The molecule has 4 heteroatoms. The van der Waals surface area contributed by atoms with Crippen molar-refractivity contribution in [1.82, 2.24) is 15.0 Å². The zero-order valence-corrected chi connectivity index (χ0v) is 26.3. The molecule has 0 spiro atoms. The number of fused-ring (bicyclic) bond motifs is 10. The quantitative estimate of drug-likeness (QED) is 0.196. The summed E-state index contributed by atoms with van der Waals surface area (Å²) in [7, 11) is 0. The third-order valence-corrected chi connectivity index (χ3v) is 9.51. The van der Waals surface area contributed by atoms with Crippen LogP contribution in [0.2, 0.25) is 0 Å². The van der Waals surface area contributed by atoms with Gasteiger partial charge in [0.2, 0.25) is 0 Å². The third kappa shape index (κ3) is 4.57. The van der Waals surface area contributed by atoms with E-state index in [-0.39, 0.29) is 0 Å². The van der Waals surface area contributed by atoms with Crippen LogP contribution in [0.5, 0.6) is 0 Å². The van der Waals surface area contributed by atoms with Crippen molar-refractivity contribution in [3.63, 3.8) is 0 Å². The van der Waals surface area contributed by atoms with Gasteiger partial charge in [-0.05, 0) is 68.1 Å². The van der Waals surface area contributed by atoms with Crippen molar-refractivity contribution in [2.24, 2.45) is 0 Å². The van der Waals surface area contributed by atoms with Crippen molar-refractivity contribution in [3.05, 3.63) is 164 Å². The Balaban J connectivity index is 1.31. The number of benzene rings is 7. The second-order valence-electron chi connectivity index (χ2n) is 12.4. The van der Waals surface area contributed by atoms with Crippen molar-refractivity contribution < 1.29 is 4.42 Å². The maximum atomic E-state index is 6.41. The first kappa shape index (κ1) is 27.5. The van der Waals surface area contributed by atoms with Gasteiger partial charge >= 0.3 is 0 Å². The zero-order valence-electron chi connectivity index (χ0n) is 26.3. The summed E-state index contributed by atoms with van der Waals surface area (Å²) in [6.45, 7) is 0. The summed E-state index contributed by atoms with van der Waals surface area (Å²) in [6.07, 6.45) is 0. The first-order valence-corrected chi connectivity index (χ1v) is 16.4. The topological polar surface area (TPSA) is 51.8 Å². The SMILES string of the molecule is c1ccc(-c2ccc(-c3ccccc3-c3nc4nc(n3)c3cccc5oc6ccc(cc6c53)c3ccccc3c3cccc4c3)cc2)cc1. The number of rotatable bonds is 3. The van der Waals surface area contributed by atoms with Crippen molar-refractivity contribution in [2.45, 2.75) is 0 Å². The molecule has 0 aliphatic heterocycles. The molecule has 49 heavy (non-hydrogen) atoms. The molecule has 0 radical (unpaired) electrons. The van der Waals surface area contributed by atoms with Crippen LogP contribution in [0.3, 0.4) is 0 Å². The normalized spacial score (nSPS) is 11.7. The minimum absolute atomic E-state index is 0.607. The minimum atomic E-state index is 0.607. The highest BCUT2D eigenvalue weighted by molar-refractivity contribution is 6.19. The Kier molecular flexibility index (Phi) is 6.15. The maximum absolute atomic E-state index is 6.41. The largest absolute Gasteiger partial charge is 0.456 e. The standard InChI is InChI=1S/C45H27N3O/c1-2-10-28(11-3-1)29-20-22-30(23-21-29)34-14-6-7-17-37(34)44-46-43-33-13-8-12-31(26-33)35-15-4-5-16-36(35)32-24-25-40-39(27-32)42-38(45(47-43)48-44)18-9-19-41(42)49-40/h1-27H. The summed E-state index contributed by atoms with van der Waals surface area (Å²) in [6, 6.07) is 57.2. The van der Waals surface area contributed by atoms with Gasteiger partial charge in [-0.15, -0.1) is 0 Å². The van der Waals surface area contributed by atoms with Crippen molar-refractivity contribution in [2.75, 3.05) is 0 Å². The van der Waals surface area contributed by atoms with Crippen LogP contribution >= 0.6 is 0 Å². The number of hydrogen-bond acceptors (Lipinski definition) is 4. The van der Waals surface area contributed by atoms with Gasteiger partial charge in [0.1, 0.15) is 11.2 Å². The van der Waals surface area contributed by atoms with Gasteiger partial charge in [0.25, 0.3) is 0 Å². The van der Waals surface area contributed by atoms with Crippen LogP contribution in [0.1, 0.15) is 0 Å². The smallest absolute Gasteiger partial charge is 0.164 e. The molecule has 0 N–H and O–H groups in total. The average Bonchev–Trinajstić information content (AvgIpc) is 3.56. The van der Waals surface area contributed by atoms with Gasteiger partial charge in [0.15, 0.2) is 17.1 Å². The molecule has 0 aliphatic rings. The van der Waals surface area contributed by atoms with Crippen LogP contribution in [-0.4, -0.2) is 15.0 Å². The first-order chi connectivity index (χ1) is 24.3. The van der Waals surface area contributed by atoms with E-state index in [1.54, 1.807) is 0 Å². The second-order valence-corrected chi connectivity index (χ2v) is 12.4. The lowest BCUT2D eigenvalue weighted by Crippen LogP contribution is -1.96. The number of hydrogen-bond donors (Lipinski definition) is 0. The summed E-state index contributed by atoms with van der Waals surface area (Å²) < 4.78 is 6.41. The summed E-state index contributed by atoms with van der Waals surface area (Å²) in [4.78, 5) is 15.6. The zero-order chi connectivity index (χ0) is 32.3. The molecule has 0 saturated carbocycles. The van der Waals surface area contributed by atoms with E-state index >= 15 is 0 Å². The molecular formula is C45H27N3O. The molecule has 3 aromatic heterocycles. The van der Waals surface area contributed by atoms with E-state index in [1.807, 2.05) is 24.3 Å². The van der Waals surface area contributed by atoms with E-state index in [4.69, 9.17) is 19.4 Å². The number of furan rings is 1. The van der Waals surface area contributed by atoms with Gasteiger partial charge in [-0.3, -0.25) is 0 Å². The van der Waals surface area contributed by atoms with Crippen LogP contribution in [0.15, 0.2) is 168 Å². The van der Waals surface area contributed by atoms with Crippen molar-refractivity contribution in [1.29, 1.82) is 0 Å². The Morgan fingerprint density at radius 1 is 0.347 bits per heavy atom. The van der Waals surface area contributed by atoms with Gasteiger partial charge in [-0.1, -0.05) is 140 Å².